The molecular weight excluding hydrogens is 324 g/mol. The third kappa shape index (κ3) is 2.23. The molecule has 4 aliphatic carbocycles. The van der Waals surface area contributed by atoms with Crippen LogP contribution in [-0.4, -0.2) is 30.2 Å². The maximum atomic E-state index is 10.9. The van der Waals surface area contributed by atoms with Crippen molar-refractivity contribution >= 4 is 0 Å². The Morgan fingerprint density at radius 2 is 1.81 bits per heavy atom. The van der Waals surface area contributed by atoms with E-state index in [9.17, 15) is 5.11 Å². The van der Waals surface area contributed by atoms with Gasteiger partial charge in [0, 0.05) is 18.3 Å². The third-order valence-corrected chi connectivity index (χ3v) is 8.54. The van der Waals surface area contributed by atoms with Crippen LogP contribution in [0, 0.1) is 29.1 Å². The molecular formula is C23H34O3. The maximum Gasteiger partial charge on any atom is 0.172 e. The summed E-state index contributed by atoms with van der Waals surface area (Å²) in [4.78, 5) is 0. The average molecular weight is 359 g/mol. The SMILES string of the molecule is CC1=C2C3=C(C[C@@H](C)C2C2C(C)C[C@H](O)[C@@]2(C)C1)CC1(CC3)OCCO1. The van der Waals surface area contributed by atoms with E-state index >= 15 is 0 Å². The highest BCUT2D eigenvalue weighted by atomic mass is 16.7. The Bertz CT molecular complexity index is 684. The Morgan fingerprint density at radius 3 is 2.54 bits per heavy atom. The minimum absolute atomic E-state index is 0.0670. The van der Waals surface area contributed by atoms with Gasteiger partial charge in [-0.15, -0.1) is 0 Å². The zero-order valence-electron chi connectivity index (χ0n) is 16.8. The first-order chi connectivity index (χ1) is 12.3. The van der Waals surface area contributed by atoms with Gasteiger partial charge in [0.05, 0.1) is 19.3 Å². The topological polar surface area (TPSA) is 38.7 Å². The minimum atomic E-state index is -0.320. The van der Waals surface area contributed by atoms with Crippen molar-refractivity contribution in [2.75, 3.05) is 13.2 Å². The molecule has 1 spiro atoms. The first-order valence-corrected chi connectivity index (χ1v) is 10.7. The molecule has 0 aromatic heterocycles. The molecule has 0 aromatic carbocycles. The van der Waals surface area contributed by atoms with Crippen LogP contribution >= 0.6 is 0 Å². The number of ether oxygens (including phenoxy) is 2. The molecule has 144 valence electrons. The Hall–Kier alpha value is -0.640. The van der Waals surface area contributed by atoms with E-state index in [0.717, 1.165) is 45.3 Å². The smallest absolute Gasteiger partial charge is 0.172 e. The summed E-state index contributed by atoms with van der Waals surface area (Å²) in [6.07, 6.45) is 6.15. The van der Waals surface area contributed by atoms with Crippen molar-refractivity contribution in [3.05, 3.63) is 22.3 Å². The molecule has 5 rings (SSSR count). The van der Waals surface area contributed by atoms with Gasteiger partial charge in [-0.25, -0.2) is 0 Å². The fraction of sp³-hybridized carbons (Fsp3) is 0.826. The van der Waals surface area contributed by atoms with Gasteiger partial charge in [0.2, 0.25) is 0 Å². The van der Waals surface area contributed by atoms with E-state index in [-0.39, 0.29) is 17.3 Å². The fourth-order valence-corrected chi connectivity index (χ4v) is 7.66. The molecule has 0 radical (unpaired) electrons. The second kappa shape index (κ2) is 5.68. The van der Waals surface area contributed by atoms with Crippen LogP contribution in [-0.2, 0) is 9.47 Å². The van der Waals surface area contributed by atoms with Crippen LogP contribution in [0.15, 0.2) is 22.3 Å². The zero-order valence-corrected chi connectivity index (χ0v) is 16.8. The summed E-state index contributed by atoms with van der Waals surface area (Å²) in [5, 5.41) is 10.9. The molecule has 0 aromatic rings. The quantitative estimate of drug-likeness (QED) is 0.687. The van der Waals surface area contributed by atoms with Crippen LogP contribution in [0.2, 0.25) is 0 Å². The summed E-state index contributed by atoms with van der Waals surface area (Å²) in [5.41, 5.74) is 6.54. The van der Waals surface area contributed by atoms with E-state index in [2.05, 4.69) is 27.7 Å². The minimum Gasteiger partial charge on any atom is -0.393 e. The summed E-state index contributed by atoms with van der Waals surface area (Å²) in [6, 6.07) is 0. The molecule has 3 nitrogen and oxygen atoms in total. The Morgan fingerprint density at radius 1 is 1.08 bits per heavy atom. The van der Waals surface area contributed by atoms with Crippen molar-refractivity contribution in [1.82, 2.24) is 0 Å². The monoisotopic (exact) mass is 358 g/mol. The van der Waals surface area contributed by atoms with Gasteiger partial charge in [-0.3, -0.25) is 0 Å². The lowest BCUT2D eigenvalue weighted by molar-refractivity contribution is -0.164. The number of fused-ring (bicyclic) bond motifs is 4. The van der Waals surface area contributed by atoms with Crippen molar-refractivity contribution < 1.29 is 14.6 Å². The van der Waals surface area contributed by atoms with Crippen molar-refractivity contribution in [1.29, 1.82) is 0 Å². The van der Waals surface area contributed by atoms with Crippen molar-refractivity contribution in [3.8, 4) is 0 Å². The predicted octanol–water partition coefficient (Wildman–Crippen LogP) is 4.61. The van der Waals surface area contributed by atoms with E-state index in [1.165, 1.54) is 6.42 Å². The summed E-state index contributed by atoms with van der Waals surface area (Å²) in [5.74, 6) is 2.19. The highest BCUT2D eigenvalue weighted by Crippen LogP contribution is 2.64. The fourth-order valence-electron chi connectivity index (χ4n) is 7.66. The zero-order chi connectivity index (χ0) is 18.3. The molecule has 1 N–H and O–H groups in total. The van der Waals surface area contributed by atoms with Crippen LogP contribution in [0.25, 0.3) is 0 Å². The summed E-state index contributed by atoms with van der Waals surface area (Å²) in [7, 11) is 0. The molecule has 3 unspecified atom stereocenters. The normalized spacial score (nSPS) is 47.2. The van der Waals surface area contributed by atoms with Crippen LogP contribution in [0.5, 0.6) is 0 Å². The van der Waals surface area contributed by atoms with Gasteiger partial charge >= 0.3 is 0 Å². The lowest BCUT2D eigenvalue weighted by Crippen LogP contribution is -2.46. The van der Waals surface area contributed by atoms with Gasteiger partial charge in [-0.2, -0.15) is 0 Å². The lowest BCUT2D eigenvalue weighted by Gasteiger charge is -2.53. The molecule has 1 saturated heterocycles. The molecule has 2 fully saturated rings. The maximum absolute atomic E-state index is 10.9. The van der Waals surface area contributed by atoms with Gasteiger partial charge in [-0.1, -0.05) is 31.9 Å². The summed E-state index contributed by atoms with van der Waals surface area (Å²) < 4.78 is 12.1. The predicted molar refractivity (Wildman–Crippen MR) is 101 cm³/mol. The Kier molecular flexibility index (Phi) is 3.82. The molecule has 0 bridgehead atoms. The number of aliphatic hydroxyl groups excluding tert-OH is 1. The molecule has 3 heteroatoms. The van der Waals surface area contributed by atoms with Gasteiger partial charge in [0.25, 0.3) is 0 Å². The van der Waals surface area contributed by atoms with Crippen LogP contribution in [0.3, 0.4) is 0 Å². The number of aliphatic hydroxyl groups is 1. The third-order valence-electron chi connectivity index (χ3n) is 8.54. The van der Waals surface area contributed by atoms with Crippen LogP contribution in [0.1, 0.15) is 66.2 Å². The molecule has 0 amide bonds. The molecule has 6 atom stereocenters. The number of allylic oxidation sites excluding steroid dienone is 3. The number of rotatable bonds is 0. The second-order valence-electron chi connectivity index (χ2n) is 10.2. The van der Waals surface area contributed by atoms with E-state index in [4.69, 9.17) is 9.47 Å². The van der Waals surface area contributed by atoms with E-state index < -0.39 is 0 Å². The van der Waals surface area contributed by atoms with Gasteiger partial charge in [0.1, 0.15) is 0 Å². The first-order valence-electron chi connectivity index (χ1n) is 10.7. The van der Waals surface area contributed by atoms with Crippen LogP contribution < -0.4 is 0 Å². The highest BCUT2D eigenvalue weighted by molar-refractivity contribution is 5.48. The standard InChI is InChI=1S/C23H34O3/c1-13-9-16-12-23(25-7-8-26-23)6-5-17(16)19-15(3)11-22(4)18(24)10-14(2)21(22)20(13)19/h13-14,18,20-21,24H,5-12H2,1-4H3/t13-,14?,18+,20?,21?,22-/m1/s1. The first kappa shape index (κ1) is 17.5. The van der Waals surface area contributed by atoms with Crippen molar-refractivity contribution in [2.24, 2.45) is 29.1 Å². The molecule has 1 aliphatic heterocycles. The second-order valence-corrected chi connectivity index (χ2v) is 10.2. The van der Waals surface area contributed by atoms with Gasteiger partial charge in [0.15, 0.2) is 5.79 Å². The Labute approximate surface area is 157 Å². The number of hydrogen-bond donors (Lipinski definition) is 1. The van der Waals surface area contributed by atoms with Crippen LogP contribution in [0.4, 0.5) is 0 Å². The molecule has 1 heterocycles. The lowest BCUT2D eigenvalue weighted by atomic mass is 9.53. The van der Waals surface area contributed by atoms with E-state index in [1.54, 1.807) is 22.3 Å². The van der Waals surface area contributed by atoms with Gasteiger partial charge in [-0.05, 0) is 67.4 Å². The van der Waals surface area contributed by atoms with Crippen molar-refractivity contribution in [3.63, 3.8) is 0 Å². The summed E-state index contributed by atoms with van der Waals surface area (Å²) in [6.45, 7) is 11.0. The largest absolute Gasteiger partial charge is 0.393 e. The summed E-state index contributed by atoms with van der Waals surface area (Å²) >= 11 is 0. The average Bonchev–Trinajstić information content (AvgIpc) is 3.10. The highest BCUT2D eigenvalue weighted by Gasteiger charge is 2.58. The van der Waals surface area contributed by atoms with E-state index in [0.29, 0.717) is 23.7 Å². The van der Waals surface area contributed by atoms with Crippen molar-refractivity contribution in [2.45, 2.75) is 78.1 Å². The molecule has 1 saturated carbocycles. The number of hydrogen-bond acceptors (Lipinski definition) is 3. The van der Waals surface area contributed by atoms with E-state index in [1.807, 2.05) is 0 Å². The molecule has 26 heavy (non-hydrogen) atoms. The Balaban J connectivity index is 1.58. The molecule has 5 aliphatic rings. The van der Waals surface area contributed by atoms with Gasteiger partial charge < -0.3 is 14.6 Å².